The summed E-state index contributed by atoms with van der Waals surface area (Å²) in [6.07, 6.45) is 1.47. The van der Waals surface area contributed by atoms with Gasteiger partial charge in [0.1, 0.15) is 12.0 Å². The summed E-state index contributed by atoms with van der Waals surface area (Å²) in [4.78, 5) is 8.40. The van der Waals surface area contributed by atoms with Gasteiger partial charge < -0.3 is 0 Å². The van der Waals surface area contributed by atoms with Crippen LogP contribution in [0.3, 0.4) is 0 Å². The van der Waals surface area contributed by atoms with Gasteiger partial charge in [-0.2, -0.15) is 5.10 Å². The molecule has 1 aromatic carbocycles. The standard InChI is InChI=1S/C9H6N4/c1-2-4-7-6(3-1)8-9(12-7)10-5-11-13-8/h1-5,13H. The van der Waals surface area contributed by atoms with Gasteiger partial charge in [-0.3, -0.25) is 5.10 Å². The molecule has 0 saturated heterocycles. The van der Waals surface area contributed by atoms with Crippen LogP contribution in [0.4, 0.5) is 0 Å². The zero-order valence-corrected chi connectivity index (χ0v) is 6.73. The molecule has 0 unspecified atom stereocenters. The molecule has 4 heteroatoms. The van der Waals surface area contributed by atoms with Crippen LogP contribution in [0.2, 0.25) is 0 Å². The van der Waals surface area contributed by atoms with Gasteiger partial charge in [0, 0.05) is 5.39 Å². The largest absolute Gasteiger partial charge is 0.272 e. The van der Waals surface area contributed by atoms with E-state index in [1.54, 1.807) is 0 Å². The summed E-state index contributed by atoms with van der Waals surface area (Å²) < 4.78 is 0. The van der Waals surface area contributed by atoms with E-state index >= 15 is 0 Å². The molecule has 62 valence electrons. The fourth-order valence-corrected chi connectivity index (χ4v) is 1.45. The second kappa shape index (κ2) is 2.26. The number of hydrogen-bond donors (Lipinski definition) is 1. The Hall–Kier alpha value is -1.97. The lowest BCUT2D eigenvalue weighted by molar-refractivity contribution is 0.969. The Balaban J connectivity index is 2.56. The molecule has 4 nitrogen and oxygen atoms in total. The topological polar surface area (TPSA) is 54.5 Å². The molecule has 0 atom stereocenters. The van der Waals surface area contributed by atoms with Crippen LogP contribution in [-0.4, -0.2) is 20.2 Å². The van der Waals surface area contributed by atoms with E-state index in [0.29, 0.717) is 0 Å². The summed E-state index contributed by atoms with van der Waals surface area (Å²) in [5.41, 5.74) is 1.85. The maximum absolute atomic E-state index is 4.33. The summed E-state index contributed by atoms with van der Waals surface area (Å²) in [5.74, 6) is 0.719. The molecule has 0 fully saturated rings. The lowest BCUT2D eigenvalue weighted by Gasteiger charge is -1.92. The first kappa shape index (κ1) is 6.54. The van der Waals surface area contributed by atoms with E-state index in [4.69, 9.17) is 0 Å². The molecular formula is C9H6N4. The normalized spacial score (nSPS) is 11.1. The summed E-state index contributed by atoms with van der Waals surface area (Å²) in [5, 5.41) is 7.83. The van der Waals surface area contributed by atoms with Crippen molar-refractivity contribution in [2.75, 3.05) is 0 Å². The highest BCUT2D eigenvalue weighted by Gasteiger charge is 2.11. The Kier molecular flexibility index (Phi) is 1.14. The van der Waals surface area contributed by atoms with Crippen molar-refractivity contribution in [2.45, 2.75) is 0 Å². The zero-order valence-electron chi connectivity index (χ0n) is 6.73. The van der Waals surface area contributed by atoms with Crippen molar-refractivity contribution in [3.63, 3.8) is 0 Å². The summed E-state index contributed by atoms with van der Waals surface area (Å²) in [6, 6.07) is 7.90. The molecule has 2 heterocycles. The lowest BCUT2D eigenvalue weighted by Crippen LogP contribution is -1.89. The van der Waals surface area contributed by atoms with Gasteiger partial charge in [-0.05, 0) is 6.07 Å². The molecule has 0 radical (unpaired) electrons. The number of aromatic nitrogens is 4. The fraction of sp³-hybridized carbons (Fsp3) is 0. The van der Waals surface area contributed by atoms with Gasteiger partial charge >= 0.3 is 0 Å². The first-order valence-electron chi connectivity index (χ1n) is 3.99. The summed E-state index contributed by atoms with van der Waals surface area (Å²) >= 11 is 0. The van der Waals surface area contributed by atoms with Crippen LogP contribution >= 0.6 is 0 Å². The molecule has 1 N–H and O–H groups in total. The Morgan fingerprint density at radius 2 is 2.08 bits per heavy atom. The third kappa shape index (κ3) is 0.823. The van der Waals surface area contributed by atoms with E-state index in [1.807, 2.05) is 24.3 Å². The van der Waals surface area contributed by atoms with E-state index in [9.17, 15) is 0 Å². The van der Waals surface area contributed by atoms with E-state index in [2.05, 4.69) is 20.2 Å². The minimum Gasteiger partial charge on any atom is -0.272 e. The Bertz CT molecular complexity index is 528. The van der Waals surface area contributed by atoms with Gasteiger partial charge in [-0.15, -0.1) is 0 Å². The van der Waals surface area contributed by atoms with E-state index in [1.165, 1.54) is 6.33 Å². The highest BCUT2D eigenvalue weighted by atomic mass is 15.2. The van der Waals surface area contributed by atoms with Gasteiger partial charge in [0.05, 0.1) is 5.52 Å². The number of fused-ring (bicyclic) bond motifs is 3. The SMILES string of the molecule is c1ccc2c3[nH]ncnc-3nc2c1. The van der Waals surface area contributed by atoms with Crippen LogP contribution in [0, 0.1) is 0 Å². The highest BCUT2D eigenvalue weighted by Crippen LogP contribution is 2.25. The zero-order chi connectivity index (χ0) is 8.67. The summed E-state index contributed by atoms with van der Waals surface area (Å²) in [6.45, 7) is 0. The van der Waals surface area contributed by atoms with Gasteiger partial charge in [-0.25, -0.2) is 9.97 Å². The second-order valence-electron chi connectivity index (χ2n) is 2.81. The summed E-state index contributed by atoms with van der Waals surface area (Å²) in [7, 11) is 0. The highest BCUT2D eigenvalue weighted by molar-refractivity contribution is 5.93. The quantitative estimate of drug-likeness (QED) is 0.555. The number of hydrogen-bond acceptors (Lipinski definition) is 3. The van der Waals surface area contributed by atoms with Crippen LogP contribution in [-0.2, 0) is 0 Å². The first-order chi connectivity index (χ1) is 6.45. The molecule has 0 saturated carbocycles. The molecule has 1 aromatic rings. The minimum absolute atomic E-state index is 0.719. The van der Waals surface area contributed by atoms with Crippen LogP contribution in [0.25, 0.3) is 22.4 Å². The average molecular weight is 170 g/mol. The van der Waals surface area contributed by atoms with Crippen molar-refractivity contribution in [3.05, 3.63) is 30.6 Å². The molecule has 2 aliphatic rings. The molecule has 0 spiro atoms. The van der Waals surface area contributed by atoms with Crippen molar-refractivity contribution in [1.29, 1.82) is 0 Å². The molecule has 13 heavy (non-hydrogen) atoms. The first-order valence-corrected chi connectivity index (χ1v) is 3.99. The maximum Gasteiger partial charge on any atom is 0.180 e. The molecule has 0 aliphatic carbocycles. The average Bonchev–Trinajstić information content (AvgIpc) is 2.56. The van der Waals surface area contributed by atoms with Crippen molar-refractivity contribution >= 4 is 10.9 Å². The van der Waals surface area contributed by atoms with E-state index in [-0.39, 0.29) is 0 Å². The molecule has 0 bridgehead atoms. The predicted octanol–water partition coefficient (Wildman–Crippen LogP) is 1.46. The van der Waals surface area contributed by atoms with Crippen LogP contribution in [0.5, 0.6) is 0 Å². The molecule has 3 rings (SSSR count). The predicted molar refractivity (Wildman–Crippen MR) is 48.3 cm³/mol. The number of benzene rings is 1. The number of H-pyrrole nitrogens is 1. The third-order valence-corrected chi connectivity index (χ3v) is 2.04. The number of nitrogens with zero attached hydrogens (tertiary/aromatic N) is 3. The Morgan fingerprint density at radius 3 is 3.08 bits per heavy atom. The van der Waals surface area contributed by atoms with E-state index < -0.39 is 0 Å². The smallest absolute Gasteiger partial charge is 0.180 e. The van der Waals surface area contributed by atoms with Crippen molar-refractivity contribution in [3.8, 4) is 11.5 Å². The Labute approximate surface area is 74.0 Å². The van der Waals surface area contributed by atoms with Gasteiger partial charge in [0.15, 0.2) is 5.82 Å². The van der Waals surface area contributed by atoms with Gasteiger partial charge in [0.2, 0.25) is 0 Å². The maximum atomic E-state index is 4.33. The molecule has 0 aromatic heterocycles. The van der Waals surface area contributed by atoms with Crippen LogP contribution in [0.1, 0.15) is 0 Å². The van der Waals surface area contributed by atoms with E-state index in [0.717, 1.165) is 22.4 Å². The molecule has 2 aliphatic heterocycles. The van der Waals surface area contributed by atoms with Crippen LogP contribution < -0.4 is 0 Å². The molecular weight excluding hydrogens is 164 g/mol. The second-order valence-corrected chi connectivity index (χ2v) is 2.81. The Morgan fingerprint density at radius 1 is 1.15 bits per heavy atom. The van der Waals surface area contributed by atoms with Crippen LogP contribution in [0.15, 0.2) is 30.6 Å². The number of para-hydroxylation sites is 1. The van der Waals surface area contributed by atoms with Crippen molar-refractivity contribution in [1.82, 2.24) is 20.2 Å². The fourth-order valence-electron chi connectivity index (χ4n) is 1.45. The number of rotatable bonds is 0. The monoisotopic (exact) mass is 170 g/mol. The lowest BCUT2D eigenvalue weighted by atomic mass is 10.2. The van der Waals surface area contributed by atoms with Crippen molar-refractivity contribution < 1.29 is 0 Å². The number of aromatic amines is 1. The van der Waals surface area contributed by atoms with Gasteiger partial charge in [0.25, 0.3) is 0 Å². The minimum atomic E-state index is 0.719. The van der Waals surface area contributed by atoms with Gasteiger partial charge in [-0.1, -0.05) is 18.2 Å². The third-order valence-electron chi connectivity index (χ3n) is 2.04. The molecule has 0 amide bonds. The number of nitrogens with one attached hydrogen (secondary N) is 1. The van der Waals surface area contributed by atoms with Crippen molar-refractivity contribution in [2.24, 2.45) is 0 Å².